The van der Waals surface area contributed by atoms with Crippen LogP contribution in [-0.2, 0) is 14.3 Å². The van der Waals surface area contributed by atoms with Crippen molar-refractivity contribution in [3.05, 3.63) is 11.3 Å². The second-order valence-electron chi connectivity index (χ2n) is 3.28. The standard InChI is InChI=1S/C9H14O3/c1-5-7-6(2)11-9(3,4)12-8(7)10/h5H2,1-4H3. The summed E-state index contributed by atoms with van der Waals surface area (Å²) in [5.41, 5.74) is 0.634. The molecule has 1 aliphatic rings. The van der Waals surface area contributed by atoms with Gasteiger partial charge in [-0.3, -0.25) is 0 Å². The average molecular weight is 170 g/mol. The van der Waals surface area contributed by atoms with Crippen molar-refractivity contribution < 1.29 is 14.3 Å². The minimum Gasteiger partial charge on any atom is -0.457 e. The van der Waals surface area contributed by atoms with E-state index in [4.69, 9.17) is 9.47 Å². The molecule has 3 nitrogen and oxygen atoms in total. The first kappa shape index (κ1) is 9.10. The van der Waals surface area contributed by atoms with Crippen LogP contribution in [0.4, 0.5) is 0 Å². The minimum absolute atomic E-state index is 0.258. The summed E-state index contributed by atoms with van der Waals surface area (Å²) in [4.78, 5) is 11.3. The number of rotatable bonds is 1. The molecular weight excluding hydrogens is 156 g/mol. The van der Waals surface area contributed by atoms with Crippen molar-refractivity contribution in [2.24, 2.45) is 0 Å². The lowest BCUT2D eigenvalue weighted by atomic mass is 10.1. The van der Waals surface area contributed by atoms with E-state index in [9.17, 15) is 4.79 Å². The highest BCUT2D eigenvalue weighted by Gasteiger charge is 2.32. The Hall–Kier alpha value is -0.990. The third-order valence-electron chi connectivity index (χ3n) is 1.76. The number of hydrogen-bond acceptors (Lipinski definition) is 3. The summed E-state index contributed by atoms with van der Waals surface area (Å²) < 4.78 is 10.4. The van der Waals surface area contributed by atoms with Gasteiger partial charge in [-0.15, -0.1) is 0 Å². The maximum atomic E-state index is 11.3. The largest absolute Gasteiger partial charge is 0.457 e. The smallest absolute Gasteiger partial charge is 0.340 e. The molecule has 0 aliphatic carbocycles. The summed E-state index contributed by atoms with van der Waals surface area (Å²) in [7, 11) is 0. The van der Waals surface area contributed by atoms with E-state index in [1.807, 2.05) is 6.92 Å². The molecule has 0 fully saturated rings. The zero-order valence-electron chi connectivity index (χ0n) is 7.93. The molecule has 1 heterocycles. The molecule has 12 heavy (non-hydrogen) atoms. The van der Waals surface area contributed by atoms with Gasteiger partial charge in [-0.1, -0.05) is 6.92 Å². The van der Waals surface area contributed by atoms with E-state index in [2.05, 4.69) is 0 Å². The van der Waals surface area contributed by atoms with Gasteiger partial charge in [0.1, 0.15) is 5.76 Å². The summed E-state index contributed by atoms with van der Waals surface area (Å²) in [6.07, 6.45) is 0.654. The van der Waals surface area contributed by atoms with Gasteiger partial charge in [0.05, 0.1) is 5.57 Å². The predicted molar refractivity (Wildman–Crippen MR) is 44.2 cm³/mol. The Labute approximate surface area is 72.4 Å². The number of carbonyl (C=O) groups excluding carboxylic acids is 1. The van der Waals surface area contributed by atoms with Crippen LogP contribution >= 0.6 is 0 Å². The van der Waals surface area contributed by atoms with Crippen molar-refractivity contribution in [2.75, 3.05) is 0 Å². The van der Waals surface area contributed by atoms with Crippen LogP contribution in [0.2, 0.25) is 0 Å². The van der Waals surface area contributed by atoms with Crippen LogP contribution in [-0.4, -0.2) is 11.8 Å². The highest BCUT2D eigenvalue weighted by Crippen LogP contribution is 2.27. The fourth-order valence-electron chi connectivity index (χ4n) is 1.27. The quantitative estimate of drug-likeness (QED) is 0.564. The molecule has 0 saturated carbocycles. The molecule has 0 saturated heterocycles. The first-order valence-corrected chi connectivity index (χ1v) is 4.08. The predicted octanol–water partition coefficient (Wildman–Crippen LogP) is 1.98. The maximum absolute atomic E-state index is 11.3. The van der Waals surface area contributed by atoms with Gasteiger partial charge in [-0.2, -0.15) is 0 Å². The number of allylic oxidation sites excluding steroid dienone is 1. The van der Waals surface area contributed by atoms with E-state index in [0.29, 0.717) is 17.8 Å². The van der Waals surface area contributed by atoms with Gasteiger partial charge in [-0.05, 0) is 13.3 Å². The van der Waals surface area contributed by atoms with Gasteiger partial charge in [-0.25, -0.2) is 4.79 Å². The summed E-state index contributed by atoms with van der Waals surface area (Å²) in [5, 5.41) is 0. The van der Waals surface area contributed by atoms with Crippen LogP contribution in [0.1, 0.15) is 34.1 Å². The van der Waals surface area contributed by atoms with Crippen molar-refractivity contribution >= 4 is 5.97 Å². The monoisotopic (exact) mass is 170 g/mol. The van der Waals surface area contributed by atoms with Crippen molar-refractivity contribution in [2.45, 2.75) is 39.9 Å². The highest BCUT2D eigenvalue weighted by molar-refractivity contribution is 5.89. The molecular formula is C9H14O3. The second-order valence-corrected chi connectivity index (χ2v) is 3.28. The Bertz CT molecular complexity index is 238. The van der Waals surface area contributed by atoms with Crippen molar-refractivity contribution in [3.8, 4) is 0 Å². The van der Waals surface area contributed by atoms with Gasteiger partial charge < -0.3 is 9.47 Å². The van der Waals surface area contributed by atoms with Gasteiger partial charge >= 0.3 is 5.97 Å². The lowest BCUT2D eigenvalue weighted by molar-refractivity contribution is -0.207. The molecule has 0 N–H and O–H groups in total. The topological polar surface area (TPSA) is 35.5 Å². The number of ether oxygens (including phenoxy) is 2. The molecule has 0 aromatic heterocycles. The summed E-state index contributed by atoms with van der Waals surface area (Å²) in [6, 6.07) is 0. The van der Waals surface area contributed by atoms with E-state index in [1.165, 1.54) is 0 Å². The van der Waals surface area contributed by atoms with E-state index in [0.717, 1.165) is 0 Å². The summed E-state index contributed by atoms with van der Waals surface area (Å²) in [5.74, 6) is -0.384. The number of cyclic esters (lactones) is 1. The normalized spacial score (nSPS) is 21.8. The zero-order valence-corrected chi connectivity index (χ0v) is 7.93. The summed E-state index contributed by atoms with van der Waals surface area (Å²) in [6.45, 7) is 7.14. The molecule has 1 aliphatic heterocycles. The van der Waals surface area contributed by atoms with E-state index in [-0.39, 0.29) is 5.97 Å². The van der Waals surface area contributed by atoms with Gasteiger partial charge in [0.15, 0.2) is 0 Å². The van der Waals surface area contributed by atoms with Gasteiger partial charge in [0, 0.05) is 13.8 Å². The molecule has 0 radical (unpaired) electrons. The second kappa shape index (κ2) is 2.81. The number of hydrogen-bond donors (Lipinski definition) is 0. The Morgan fingerprint density at radius 3 is 2.33 bits per heavy atom. The zero-order chi connectivity index (χ0) is 9.35. The van der Waals surface area contributed by atoms with Crippen LogP contribution in [0.3, 0.4) is 0 Å². The highest BCUT2D eigenvalue weighted by atomic mass is 16.7. The molecule has 3 heteroatoms. The van der Waals surface area contributed by atoms with Crippen molar-refractivity contribution in [1.29, 1.82) is 0 Å². The van der Waals surface area contributed by atoms with Crippen LogP contribution in [0.15, 0.2) is 11.3 Å². The fraction of sp³-hybridized carbons (Fsp3) is 0.667. The van der Waals surface area contributed by atoms with E-state index < -0.39 is 5.79 Å². The van der Waals surface area contributed by atoms with Crippen LogP contribution in [0, 0.1) is 0 Å². The Balaban J connectivity index is 2.95. The molecule has 68 valence electrons. The minimum atomic E-state index is -0.806. The maximum Gasteiger partial charge on any atom is 0.340 e. The molecule has 1 rings (SSSR count). The molecule has 0 unspecified atom stereocenters. The van der Waals surface area contributed by atoms with Crippen LogP contribution in [0.5, 0.6) is 0 Å². The van der Waals surface area contributed by atoms with Crippen LogP contribution in [0.25, 0.3) is 0 Å². The molecule has 0 aromatic rings. The van der Waals surface area contributed by atoms with Crippen molar-refractivity contribution in [1.82, 2.24) is 0 Å². The van der Waals surface area contributed by atoms with Crippen LogP contribution < -0.4 is 0 Å². The SMILES string of the molecule is CCC1=C(C)OC(C)(C)OC1=O. The van der Waals surface area contributed by atoms with E-state index in [1.54, 1.807) is 20.8 Å². The molecule has 0 bridgehead atoms. The van der Waals surface area contributed by atoms with Gasteiger partial charge in [0.25, 0.3) is 0 Å². The number of carbonyl (C=O) groups is 1. The first-order chi connectivity index (χ1) is 5.46. The van der Waals surface area contributed by atoms with Crippen molar-refractivity contribution in [3.63, 3.8) is 0 Å². The molecule has 0 atom stereocenters. The molecule has 0 amide bonds. The lowest BCUT2D eigenvalue weighted by Gasteiger charge is -2.32. The first-order valence-electron chi connectivity index (χ1n) is 4.08. The Morgan fingerprint density at radius 2 is 1.92 bits per heavy atom. The number of esters is 1. The Morgan fingerprint density at radius 1 is 1.33 bits per heavy atom. The molecule has 0 aromatic carbocycles. The summed E-state index contributed by atoms with van der Waals surface area (Å²) >= 11 is 0. The van der Waals surface area contributed by atoms with E-state index >= 15 is 0 Å². The average Bonchev–Trinajstić information content (AvgIpc) is 1.82. The third kappa shape index (κ3) is 1.60. The van der Waals surface area contributed by atoms with Gasteiger partial charge in [0.2, 0.25) is 5.79 Å². The lowest BCUT2D eigenvalue weighted by Crippen LogP contribution is -2.36. The Kier molecular flexibility index (Phi) is 2.13. The fourth-order valence-corrected chi connectivity index (χ4v) is 1.27. The molecule has 0 spiro atoms. The third-order valence-corrected chi connectivity index (χ3v) is 1.76.